The van der Waals surface area contributed by atoms with Gasteiger partial charge in [0.25, 0.3) is 5.91 Å². The van der Waals surface area contributed by atoms with E-state index in [-0.39, 0.29) is 5.91 Å². The molecule has 0 aliphatic heterocycles. The van der Waals surface area contributed by atoms with Gasteiger partial charge in [-0.2, -0.15) is 0 Å². The van der Waals surface area contributed by atoms with Crippen molar-refractivity contribution in [3.8, 4) is 0 Å². The maximum atomic E-state index is 12.3. The van der Waals surface area contributed by atoms with E-state index in [4.69, 9.17) is 0 Å². The Hall–Kier alpha value is -1.17. The summed E-state index contributed by atoms with van der Waals surface area (Å²) in [6, 6.07) is 9.79. The highest BCUT2D eigenvalue weighted by atomic mass is 79.9. The Balaban J connectivity index is 2.19. The zero-order valence-electron chi connectivity index (χ0n) is 11.7. The van der Waals surface area contributed by atoms with Gasteiger partial charge in [0, 0.05) is 12.2 Å². The molecular weight excluding hydrogens is 336 g/mol. The van der Waals surface area contributed by atoms with Crippen LogP contribution in [0.2, 0.25) is 0 Å². The maximum absolute atomic E-state index is 12.3. The summed E-state index contributed by atoms with van der Waals surface area (Å²) < 4.78 is 1.00. The number of hydrogen-bond donors (Lipinski definition) is 1. The van der Waals surface area contributed by atoms with Crippen molar-refractivity contribution in [2.75, 3.05) is 19.4 Å². The summed E-state index contributed by atoms with van der Waals surface area (Å²) in [5.41, 5.74) is 3.06. The first-order valence-electron chi connectivity index (χ1n) is 6.27. The van der Waals surface area contributed by atoms with Gasteiger partial charge in [0.2, 0.25) is 0 Å². The molecule has 1 heterocycles. The number of thiophene rings is 1. The fourth-order valence-electron chi connectivity index (χ4n) is 1.88. The fraction of sp³-hybridized carbons (Fsp3) is 0.267. The first kappa shape index (κ1) is 15.2. The van der Waals surface area contributed by atoms with Crippen molar-refractivity contribution in [2.24, 2.45) is 0 Å². The second-order valence-corrected chi connectivity index (χ2v) is 7.29. The minimum atomic E-state index is -0.0602. The van der Waals surface area contributed by atoms with Crippen LogP contribution in [0.4, 0.5) is 5.69 Å². The fourth-order valence-corrected chi connectivity index (χ4v) is 3.31. The topological polar surface area (TPSA) is 32.3 Å². The van der Waals surface area contributed by atoms with Gasteiger partial charge in [-0.25, -0.2) is 0 Å². The quantitative estimate of drug-likeness (QED) is 0.896. The number of rotatable bonds is 4. The number of amides is 1. The monoisotopic (exact) mass is 352 g/mol. The second-order valence-electron chi connectivity index (χ2n) is 4.92. The van der Waals surface area contributed by atoms with E-state index in [1.165, 1.54) is 11.3 Å². The lowest BCUT2D eigenvalue weighted by molar-refractivity contribution is 0.103. The average molecular weight is 353 g/mol. The summed E-state index contributed by atoms with van der Waals surface area (Å²) in [5.74, 6) is -0.0602. The molecule has 0 bridgehead atoms. The number of benzene rings is 1. The SMILES string of the molecule is Cc1cc(C(=O)Nc2ccccc2CN(C)C)sc1Br. The van der Waals surface area contributed by atoms with Crippen molar-refractivity contribution < 1.29 is 4.79 Å². The van der Waals surface area contributed by atoms with Crippen LogP contribution in [0.1, 0.15) is 20.8 Å². The Morgan fingerprint density at radius 1 is 1.35 bits per heavy atom. The van der Waals surface area contributed by atoms with Gasteiger partial charge in [-0.15, -0.1) is 11.3 Å². The van der Waals surface area contributed by atoms with E-state index in [0.29, 0.717) is 4.88 Å². The Morgan fingerprint density at radius 2 is 2.05 bits per heavy atom. The van der Waals surface area contributed by atoms with Gasteiger partial charge in [-0.1, -0.05) is 18.2 Å². The summed E-state index contributed by atoms with van der Waals surface area (Å²) in [6.45, 7) is 2.78. The smallest absolute Gasteiger partial charge is 0.265 e. The molecule has 0 atom stereocenters. The van der Waals surface area contributed by atoms with E-state index >= 15 is 0 Å². The van der Waals surface area contributed by atoms with Crippen LogP contribution >= 0.6 is 27.3 Å². The number of hydrogen-bond acceptors (Lipinski definition) is 3. The van der Waals surface area contributed by atoms with Crippen LogP contribution in [0.25, 0.3) is 0 Å². The zero-order valence-corrected chi connectivity index (χ0v) is 14.1. The molecule has 1 aromatic heterocycles. The minimum absolute atomic E-state index is 0.0602. The lowest BCUT2D eigenvalue weighted by Crippen LogP contribution is -2.16. The van der Waals surface area contributed by atoms with Crippen molar-refractivity contribution in [1.29, 1.82) is 0 Å². The summed E-state index contributed by atoms with van der Waals surface area (Å²) in [5, 5.41) is 3.00. The maximum Gasteiger partial charge on any atom is 0.265 e. The van der Waals surface area contributed by atoms with Crippen LogP contribution in [0.15, 0.2) is 34.1 Å². The molecule has 5 heteroatoms. The van der Waals surface area contributed by atoms with Crippen molar-refractivity contribution in [2.45, 2.75) is 13.5 Å². The van der Waals surface area contributed by atoms with Crippen molar-refractivity contribution >= 4 is 38.9 Å². The molecule has 20 heavy (non-hydrogen) atoms. The van der Waals surface area contributed by atoms with Crippen LogP contribution in [0.3, 0.4) is 0 Å². The van der Waals surface area contributed by atoms with Gasteiger partial charge in [-0.3, -0.25) is 4.79 Å². The molecule has 0 aliphatic rings. The molecule has 1 aromatic carbocycles. The van der Waals surface area contributed by atoms with E-state index in [9.17, 15) is 4.79 Å². The molecule has 2 aromatic rings. The Bertz CT molecular complexity index is 603. The summed E-state index contributed by atoms with van der Waals surface area (Å²) in [6.07, 6.45) is 0. The van der Waals surface area contributed by atoms with Crippen LogP contribution in [-0.2, 0) is 6.54 Å². The highest BCUT2D eigenvalue weighted by Crippen LogP contribution is 2.28. The molecule has 0 radical (unpaired) electrons. The molecule has 0 fully saturated rings. The molecular formula is C15H17BrN2OS. The molecule has 0 unspecified atom stereocenters. The highest BCUT2D eigenvalue weighted by Gasteiger charge is 2.13. The van der Waals surface area contributed by atoms with Crippen molar-refractivity contribution in [3.05, 3.63) is 50.1 Å². The van der Waals surface area contributed by atoms with E-state index in [1.807, 2.05) is 51.4 Å². The van der Waals surface area contributed by atoms with Gasteiger partial charge in [0.05, 0.1) is 8.66 Å². The number of carbonyl (C=O) groups is 1. The van der Waals surface area contributed by atoms with Crippen LogP contribution in [0.5, 0.6) is 0 Å². The van der Waals surface area contributed by atoms with Crippen molar-refractivity contribution in [3.63, 3.8) is 0 Å². The zero-order chi connectivity index (χ0) is 14.7. The third-order valence-electron chi connectivity index (χ3n) is 2.83. The van der Waals surface area contributed by atoms with Gasteiger partial charge in [-0.05, 0) is 60.2 Å². The molecule has 106 valence electrons. The lowest BCUT2D eigenvalue weighted by atomic mass is 10.1. The molecule has 1 N–H and O–H groups in total. The number of nitrogens with zero attached hydrogens (tertiary/aromatic N) is 1. The number of para-hydroxylation sites is 1. The Labute approximate surface area is 131 Å². The molecule has 0 aliphatic carbocycles. The van der Waals surface area contributed by atoms with Gasteiger partial charge >= 0.3 is 0 Å². The molecule has 0 saturated heterocycles. The molecule has 3 nitrogen and oxygen atoms in total. The normalized spacial score (nSPS) is 10.8. The highest BCUT2D eigenvalue weighted by molar-refractivity contribution is 9.11. The largest absolute Gasteiger partial charge is 0.321 e. The summed E-state index contributed by atoms with van der Waals surface area (Å²) in [4.78, 5) is 15.1. The van der Waals surface area contributed by atoms with Gasteiger partial charge in [0.1, 0.15) is 0 Å². The summed E-state index contributed by atoms with van der Waals surface area (Å²) >= 11 is 4.90. The van der Waals surface area contributed by atoms with Gasteiger partial charge < -0.3 is 10.2 Å². The molecule has 1 amide bonds. The number of aryl methyl sites for hydroxylation is 1. The average Bonchev–Trinajstić information content (AvgIpc) is 2.71. The number of carbonyl (C=O) groups excluding carboxylic acids is 1. The predicted octanol–water partition coefficient (Wildman–Crippen LogP) is 4.13. The standard InChI is InChI=1S/C15H17BrN2OS/c1-10-8-13(20-14(10)16)15(19)17-12-7-5-4-6-11(12)9-18(2)3/h4-8H,9H2,1-3H3,(H,17,19). The van der Waals surface area contributed by atoms with E-state index in [0.717, 1.165) is 27.1 Å². The molecule has 2 rings (SSSR count). The van der Waals surface area contributed by atoms with Crippen LogP contribution in [0, 0.1) is 6.92 Å². The lowest BCUT2D eigenvalue weighted by Gasteiger charge is -2.14. The predicted molar refractivity (Wildman–Crippen MR) is 88.5 cm³/mol. The first-order valence-corrected chi connectivity index (χ1v) is 7.88. The number of nitrogens with one attached hydrogen (secondary N) is 1. The van der Waals surface area contributed by atoms with Crippen LogP contribution < -0.4 is 5.32 Å². The minimum Gasteiger partial charge on any atom is -0.321 e. The van der Waals surface area contributed by atoms with Gasteiger partial charge in [0.15, 0.2) is 0 Å². The molecule has 0 saturated carbocycles. The third kappa shape index (κ3) is 3.69. The third-order valence-corrected chi connectivity index (χ3v) is 4.97. The van der Waals surface area contributed by atoms with E-state index < -0.39 is 0 Å². The Morgan fingerprint density at radius 3 is 2.65 bits per heavy atom. The Kier molecular flexibility index (Phi) is 4.96. The number of anilines is 1. The van der Waals surface area contributed by atoms with Crippen molar-refractivity contribution in [1.82, 2.24) is 4.90 Å². The van der Waals surface area contributed by atoms with E-state index in [2.05, 4.69) is 26.1 Å². The van der Waals surface area contributed by atoms with E-state index in [1.54, 1.807) is 0 Å². The first-order chi connectivity index (χ1) is 9.47. The molecule has 0 spiro atoms. The number of halogens is 1. The summed E-state index contributed by atoms with van der Waals surface area (Å²) in [7, 11) is 4.02. The van der Waals surface area contributed by atoms with Crippen LogP contribution in [-0.4, -0.2) is 24.9 Å². The second kappa shape index (κ2) is 6.52.